The van der Waals surface area contributed by atoms with Gasteiger partial charge in [0, 0.05) is 29.5 Å². The second-order valence-corrected chi connectivity index (χ2v) is 6.81. The Morgan fingerprint density at radius 2 is 1.82 bits per heavy atom. The minimum Gasteiger partial charge on any atom is -0.353 e. The van der Waals surface area contributed by atoms with Gasteiger partial charge in [-0.3, -0.25) is 9.59 Å². The van der Waals surface area contributed by atoms with Crippen LogP contribution in [0.15, 0.2) is 24.3 Å². The highest BCUT2D eigenvalue weighted by Crippen LogP contribution is 2.29. The number of halogens is 1. The molecule has 3 atom stereocenters. The molecule has 0 aliphatic heterocycles. The van der Waals surface area contributed by atoms with E-state index in [1.165, 1.54) is 12.8 Å². The third-order valence-electron chi connectivity index (χ3n) is 4.80. The Hall–Kier alpha value is -1.35. The Morgan fingerprint density at radius 1 is 1.14 bits per heavy atom. The number of rotatable bonds is 5. The molecule has 2 rings (SSSR count). The molecule has 0 radical (unpaired) electrons. The lowest BCUT2D eigenvalue weighted by Crippen LogP contribution is -2.43. The van der Waals surface area contributed by atoms with Gasteiger partial charge in [0.25, 0.3) is 0 Å². The first kappa shape index (κ1) is 17.0. The molecule has 1 aliphatic rings. The van der Waals surface area contributed by atoms with Crippen LogP contribution in [0.2, 0.25) is 5.02 Å². The first-order valence-corrected chi connectivity index (χ1v) is 8.43. The minimum atomic E-state index is -0.0201. The lowest BCUT2D eigenvalue weighted by atomic mass is 9.78. The zero-order chi connectivity index (χ0) is 16.1. The van der Waals surface area contributed by atoms with Gasteiger partial charge in [0.1, 0.15) is 0 Å². The Bertz CT molecular complexity index is 526. The SMILES string of the molecule is C[C@H]1[C@H](C)CCC[C@H]1NC(=O)CCC(=O)c1ccc(Cl)cc1. The fourth-order valence-electron chi connectivity index (χ4n) is 3.07. The van der Waals surface area contributed by atoms with Crippen LogP contribution in [0.5, 0.6) is 0 Å². The van der Waals surface area contributed by atoms with Crippen molar-refractivity contribution in [1.29, 1.82) is 0 Å². The molecule has 1 amide bonds. The normalized spacial score (nSPS) is 24.8. The van der Waals surface area contributed by atoms with E-state index >= 15 is 0 Å². The van der Waals surface area contributed by atoms with Gasteiger partial charge >= 0.3 is 0 Å². The quantitative estimate of drug-likeness (QED) is 0.824. The minimum absolute atomic E-state index is 0.0168. The molecule has 120 valence electrons. The first-order chi connectivity index (χ1) is 10.5. The summed E-state index contributed by atoms with van der Waals surface area (Å²) in [7, 11) is 0. The van der Waals surface area contributed by atoms with Crippen LogP contribution in [-0.4, -0.2) is 17.7 Å². The highest BCUT2D eigenvalue weighted by molar-refractivity contribution is 6.30. The molecule has 4 heteroatoms. The molecule has 0 unspecified atom stereocenters. The lowest BCUT2D eigenvalue weighted by Gasteiger charge is -2.34. The third-order valence-corrected chi connectivity index (χ3v) is 5.05. The van der Waals surface area contributed by atoms with E-state index in [0.717, 1.165) is 6.42 Å². The van der Waals surface area contributed by atoms with Crippen molar-refractivity contribution in [1.82, 2.24) is 5.32 Å². The van der Waals surface area contributed by atoms with Crippen LogP contribution >= 0.6 is 11.6 Å². The molecule has 0 bridgehead atoms. The molecule has 1 N–H and O–H groups in total. The topological polar surface area (TPSA) is 46.2 Å². The fourth-order valence-corrected chi connectivity index (χ4v) is 3.20. The average Bonchev–Trinajstić information content (AvgIpc) is 2.50. The molecule has 1 aromatic rings. The molecule has 1 saturated carbocycles. The summed E-state index contributed by atoms with van der Waals surface area (Å²) in [5.41, 5.74) is 0.608. The van der Waals surface area contributed by atoms with E-state index in [1.54, 1.807) is 24.3 Å². The van der Waals surface area contributed by atoms with Gasteiger partial charge < -0.3 is 5.32 Å². The standard InChI is InChI=1S/C18H24ClNO2/c1-12-4-3-5-16(13(12)2)20-18(22)11-10-17(21)14-6-8-15(19)9-7-14/h6-9,12-13,16H,3-5,10-11H2,1-2H3,(H,20,22)/t12-,13+,16-/m1/s1. The van der Waals surface area contributed by atoms with E-state index in [1.807, 2.05) is 0 Å². The van der Waals surface area contributed by atoms with Crippen LogP contribution in [0, 0.1) is 11.8 Å². The Balaban J connectivity index is 1.80. The molecular formula is C18H24ClNO2. The highest BCUT2D eigenvalue weighted by Gasteiger charge is 2.28. The van der Waals surface area contributed by atoms with Crippen molar-refractivity contribution in [3.05, 3.63) is 34.9 Å². The summed E-state index contributed by atoms with van der Waals surface area (Å²) < 4.78 is 0. The first-order valence-electron chi connectivity index (χ1n) is 8.05. The van der Waals surface area contributed by atoms with Gasteiger partial charge in [-0.1, -0.05) is 38.3 Å². The maximum atomic E-state index is 12.1. The van der Waals surface area contributed by atoms with Crippen LogP contribution < -0.4 is 5.32 Å². The van der Waals surface area contributed by atoms with Gasteiger partial charge in [-0.15, -0.1) is 0 Å². The van der Waals surface area contributed by atoms with Crippen molar-refractivity contribution < 1.29 is 9.59 Å². The van der Waals surface area contributed by atoms with Gasteiger partial charge in [-0.2, -0.15) is 0 Å². The summed E-state index contributed by atoms with van der Waals surface area (Å²) in [5.74, 6) is 1.12. The molecule has 1 aromatic carbocycles. The molecule has 0 spiro atoms. The van der Waals surface area contributed by atoms with E-state index in [9.17, 15) is 9.59 Å². The van der Waals surface area contributed by atoms with Crippen LogP contribution in [0.3, 0.4) is 0 Å². The van der Waals surface area contributed by atoms with E-state index in [2.05, 4.69) is 19.2 Å². The number of Topliss-reactive ketones (excluding diaryl/α,β-unsaturated/α-hetero) is 1. The zero-order valence-corrected chi connectivity index (χ0v) is 14.0. The highest BCUT2D eigenvalue weighted by atomic mass is 35.5. The summed E-state index contributed by atoms with van der Waals surface area (Å²) in [6.07, 6.45) is 3.94. The van der Waals surface area contributed by atoms with E-state index in [0.29, 0.717) is 22.4 Å². The molecule has 1 fully saturated rings. The van der Waals surface area contributed by atoms with E-state index < -0.39 is 0 Å². The van der Waals surface area contributed by atoms with Crippen LogP contribution in [0.4, 0.5) is 0 Å². The summed E-state index contributed by atoms with van der Waals surface area (Å²) in [5, 5.41) is 3.71. The van der Waals surface area contributed by atoms with Gasteiger partial charge in [-0.25, -0.2) is 0 Å². The summed E-state index contributed by atoms with van der Waals surface area (Å²) >= 11 is 5.80. The summed E-state index contributed by atoms with van der Waals surface area (Å²) in [6.45, 7) is 4.45. The average molecular weight is 322 g/mol. The van der Waals surface area contributed by atoms with E-state index in [4.69, 9.17) is 11.6 Å². The lowest BCUT2D eigenvalue weighted by molar-refractivity contribution is -0.122. The number of carbonyl (C=O) groups excluding carboxylic acids is 2. The predicted octanol–water partition coefficient (Wildman–Crippen LogP) is 4.24. The number of hydrogen-bond acceptors (Lipinski definition) is 2. The van der Waals surface area contributed by atoms with Gasteiger partial charge in [0.05, 0.1) is 0 Å². The number of carbonyl (C=O) groups is 2. The third kappa shape index (κ3) is 4.57. The number of ketones is 1. The molecule has 0 saturated heterocycles. The largest absolute Gasteiger partial charge is 0.353 e. The second kappa shape index (κ2) is 7.77. The number of amides is 1. The Labute approximate surface area is 137 Å². The van der Waals surface area contributed by atoms with Crippen molar-refractivity contribution in [2.45, 2.75) is 52.0 Å². The van der Waals surface area contributed by atoms with Crippen LogP contribution in [0.25, 0.3) is 0 Å². The van der Waals surface area contributed by atoms with Gasteiger partial charge in [0.2, 0.25) is 5.91 Å². The maximum Gasteiger partial charge on any atom is 0.220 e. The molecule has 0 aromatic heterocycles. The van der Waals surface area contributed by atoms with Crippen molar-refractivity contribution in [3.8, 4) is 0 Å². The summed E-state index contributed by atoms with van der Waals surface area (Å²) in [6, 6.07) is 7.04. The van der Waals surface area contributed by atoms with Crippen LogP contribution in [-0.2, 0) is 4.79 Å². The van der Waals surface area contributed by atoms with E-state index in [-0.39, 0.29) is 30.6 Å². The van der Waals surface area contributed by atoms with Gasteiger partial charge in [0.15, 0.2) is 5.78 Å². The number of nitrogens with one attached hydrogen (secondary N) is 1. The molecule has 3 nitrogen and oxygen atoms in total. The van der Waals surface area contributed by atoms with Crippen molar-refractivity contribution >= 4 is 23.3 Å². The Morgan fingerprint density at radius 3 is 2.50 bits per heavy atom. The fraction of sp³-hybridized carbons (Fsp3) is 0.556. The van der Waals surface area contributed by atoms with Gasteiger partial charge in [-0.05, 0) is 42.5 Å². The smallest absolute Gasteiger partial charge is 0.220 e. The Kier molecular flexibility index (Phi) is 6.01. The summed E-state index contributed by atoms with van der Waals surface area (Å²) in [4.78, 5) is 24.1. The monoisotopic (exact) mass is 321 g/mol. The number of benzene rings is 1. The number of hydrogen-bond donors (Lipinski definition) is 1. The predicted molar refractivity (Wildman–Crippen MR) is 89.1 cm³/mol. The maximum absolute atomic E-state index is 12.1. The zero-order valence-electron chi connectivity index (χ0n) is 13.3. The molecule has 22 heavy (non-hydrogen) atoms. The van der Waals surface area contributed by atoms with Crippen molar-refractivity contribution in [3.63, 3.8) is 0 Å². The molecule has 0 heterocycles. The van der Waals surface area contributed by atoms with Crippen molar-refractivity contribution in [2.75, 3.05) is 0 Å². The molecule has 1 aliphatic carbocycles. The molecular weight excluding hydrogens is 298 g/mol. The second-order valence-electron chi connectivity index (χ2n) is 6.37. The van der Waals surface area contributed by atoms with Crippen molar-refractivity contribution in [2.24, 2.45) is 11.8 Å². The van der Waals surface area contributed by atoms with Crippen LogP contribution in [0.1, 0.15) is 56.3 Å².